The van der Waals surface area contributed by atoms with Crippen molar-refractivity contribution in [1.29, 1.82) is 5.26 Å². The van der Waals surface area contributed by atoms with Crippen molar-refractivity contribution in [3.8, 4) is 6.07 Å². The molecule has 0 spiro atoms. The number of nitriles is 1. The fraction of sp³-hybridized carbons (Fsp3) is 0.800. The molecule has 1 heterocycles. The summed E-state index contributed by atoms with van der Waals surface area (Å²) in [4.78, 5) is 11.6. The Balaban J connectivity index is 2.42. The Kier molecular flexibility index (Phi) is 4.27. The summed E-state index contributed by atoms with van der Waals surface area (Å²) in [6, 6.07) is 1.77. The second-order valence-corrected chi connectivity index (χ2v) is 5.17. The number of nitrogens with one attached hydrogen (secondary N) is 1. The van der Waals surface area contributed by atoms with Crippen LogP contribution in [0.15, 0.2) is 0 Å². The van der Waals surface area contributed by atoms with Gasteiger partial charge in [0.25, 0.3) is 0 Å². The van der Waals surface area contributed by atoms with E-state index in [-0.39, 0.29) is 23.1 Å². The maximum Gasteiger partial charge on any atom is 0.234 e. The van der Waals surface area contributed by atoms with E-state index in [1.165, 1.54) is 0 Å². The highest BCUT2D eigenvalue weighted by Gasteiger charge is 2.25. The maximum absolute atomic E-state index is 11.6. The Bertz CT molecular complexity index is 241. The first-order chi connectivity index (χ1) is 6.65. The van der Waals surface area contributed by atoms with Crippen LogP contribution in [0, 0.1) is 17.2 Å². The van der Waals surface area contributed by atoms with Gasteiger partial charge in [-0.15, -0.1) is 11.8 Å². The van der Waals surface area contributed by atoms with Gasteiger partial charge in [-0.2, -0.15) is 5.26 Å². The third kappa shape index (κ3) is 2.91. The summed E-state index contributed by atoms with van der Waals surface area (Å²) in [5.74, 6) is 1.28. The smallest absolute Gasteiger partial charge is 0.234 e. The molecule has 3 nitrogen and oxygen atoms in total. The van der Waals surface area contributed by atoms with E-state index in [2.05, 4.69) is 11.4 Å². The fourth-order valence-electron chi connectivity index (χ4n) is 1.38. The molecule has 1 fully saturated rings. The van der Waals surface area contributed by atoms with Crippen LogP contribution in [0.5, 0.6) is 0 Å². The average Bonchev–Trinajstić information content (AvgIpc) is 2.65. The number of rotatable bonds is 3. The molecule has 1 N–H and O–H groups in total. The highest BCUT2D eigenvalue weighted by Crippen LogP contribution is 2.26. The van der Waals surface area contributed by atoms with Crippen molar-refractivity contribution in [2.75, 3.05) is 5.75 Å². The molecule has 0 aromatic heterocycles. The minimum atomic E-state index is -0.344. The van der Waals surface area contributed by atoms with E-state index in [1.807, 2.05) is 13.8 Å². The number of hydrogen-bond donors (Lipinski definition) is 1. The number of amides is 1. The van der Waals surface area contributed by atoms with Crippen LogP contribution in [0.25, 0.3) is 0 Å². The summed E-state index contributed by atoms with van der Waals surface area (Å²) in [7, 11) is 0. The summed E-state index contributed by atoms with van der Waals surface area (Å²) in [6.45, 7) is 3.88. The summed E-state index contributed by atoms with van der Waals surface area (Å²) in [5, 5.41) is 11.7. The largest absolute Gasteiger partial charge is 0.339 e. The van der Waals surface area contributed by atoms with Crippen LogP contribution in [0.3, 0.4) is 0 Å². The molecule has 0 saturated carbocycles. The van der Waals surface area contributed by atoms with Gasteiger partial charge in [-0.05, 0) is 24.5 Å². The normalized spacial score (nSPS) is 23.1. The molecule has 0 aliphatic carbocycles. The van der Waals surface area contributed by atoms with Crippen molar-refractivity contribution in [2.24, 2.45) is 5.92 Å². The lowest BCUT2D eigenvalue weighted by atomic mass is 10.1. The van der Waals surface area contributed by atoms with Crippen LogP contribution in [0.2, 0.25) is 0 Å². The van der Waals surface area contributed by atoms with Crippen LogP contribution < -0.4 is 5.32 Å². The molecule has 78 valence electrons. The van der Waals surface area contributed by atoms with Gasteiger partial charge in [0.05, 0.1) is 11.3 Å². The van der Waals surface area contributed by atoms with E-state index < -0.39 is 0 Å². The topological polar surface area (TPSA) is 52.9 Å². The number of nitrogens with zero attached hydrogens (tertiary/aromatic N) is 1. The lowest BCUT2D eigenvalue weighted by Crippen LogP contribution is -2.41. The molecular formula is C10H16N2OS. The summed E-state index contributed by atoms with van der Waals surface area (Å²) >= 11 is 1.69. The number of hydrogen-bond acceptors (Lipinski definition) is 3. The Morgan fingerprint density at radius 3 is 2.79 bits per heavy atom. The molecule has 4 heteroatoms. The van der Waals surface area contributed by atoms with Gasteiger partial charge in [0.1, 0.15) is 6.04 Å². The Morgan fingerprint density at radius 1 is 1.64 bits per heavy atom. The van der Waals surface area contributed by atoms with E-state index in [4.69, 9.17) is 5.26 Å². The average molecular weight is 212 g/mol. The molecule has 1 aliphatic rings. The Labute approximate surface area is 89.2 Å². The van der Waals surface area contributed by atoms with Crippen molar-refractivity contribution in [3.63, 3.8) is 0 Å². The third-order valence-electron chi connectivity index (χ3n) is 2.33. The zero-order valence-electron chi connectivity index (χ0n) is 8.62. The quantitative estimate of drug-likeness (QED) is 0.772. The van der Waals surface area contributed by atoms with Crippen LogP contribution in [0.4, 0.5) is 0 Å². The van der Waals surface area contributed by atoms with E-state index in [0.29, 0.717) is 0 Å². The first-order valence-corrected chi connectivity index (χ1v) is 6.01. The van der Waals surface area contributed by atoms with Gasteiger partial charge in [0.15, 0.2) is 0 Å². The van der Waals surface area contributed by atoms with Crippen molar-refractivity contribution in [1.82, 2.24) is 5.32 Å². The standard InChI is InChI=1S/C10H16N2OS/c1-7(2)8(6-11)12-10(13)9-4-3-5-14-9/h7-9H,3-5H2,1-2H3,(H,12,13). The van der Waals surface area contributed by atoms with Crippen LogP contribution in [-0.4, -0.2) is 23.0 Å². The molecule has 2 atom stereocenters. The number of thioether (sulfide) groups is 1. The number of carbonyl (C=O) groups is 1. The highest BCUT2D eigenvalue weighted by molar-refractivity contribution is 8.00. The predicted molar refractivity (Wildman–Crippen MR) is 57.9 cm³/mol. The van der Waals surface area contributed by atoms with Crippen LogP contribution in [0.1, 0.15) is 26.7 Å². The molecule has 1 rings (SSSR count). The van der Waals surface area contributed by atoms with Crippen LogP contribution in [-0.2, 0) is 4.79 Å². The van der Waals surface area contributed by atoms with Gasteiger partial charge in [-0.3, -0.25) is 4.79 Å². The van der Waals surface area contributed by atoms with Gasteiger partial charge >= 0.3 is 0 Å². The zero-order chi connectivity index (χ0) is 10.6. The van der Waals surface area contributed by atoms with Gasteiger partial charge in [0, 0.05) is 0 Å². The molecule has 1 amide bonds. The van der Waals surface area contributed by atoms with E-state index in [9.17, 15) is 4.79 Å². The maximum atomic E-state index is 11.6. The summed E-state index contributed by atoms with van der Waals surface area (Å²) < 4.78 is 0. The van der Waals surface area contributed by atoms with Gasteiger partial charge < -0.3 is 5.32 Å². The van der Waals surface area contributed by atoms with Gasteiger partial charge in [-0.25, -0.2) is 0 Å². The molecule has 1 aliphatic heterocycles. The molecule has 0 radical (unpaired) electrons. The monoisotopic (exact) mass is 212 g/mol. The molecule has 0 bridgehead atoms. The molecule has 0 aromatic rings. The summed E-state index contributed by atoms with van der Waals surface area (Å²) in [5.41, 5.74) is 0. The summed E-state index contributed by atoms with van der Waals surface area (Å²) in [6.07, 6.45) is 2.06. The van der Waals surface area contributed by atoms with Crippen LogP contribution >= 0.6 is 11.8 Å². The predicted octanol–water partition coefficient (Wildman–Crippen LogP) is 1.55. The second-order valence-electron chi connectivity index (χ2n) is 3.86. The SMILES string of the molecule is CC(C)C(C#N)NC(=O)C1CCCS1. The van der Waals surface area contributed by atoms with Crippen molar-refractivity contribution >= 4 is 17.7 Å². The number of carbonyl (C=O) groups excluding carboxylic acids is 1. The van der Waals surface area contributed by atoms with Gasteiger partial charge in [0.2, 0.25) is 5.91 Å². The fourth-order valence-corrected chi connectivity index (χ4v) is 2.55. The zero-order valence-corrected chi connectivity index (χ0v) is 9.43. The Morgan fingerprint density at radius 2 is 2.36 bits per heavy atom. The van der Waals surface area contributed by atoms with Crippen molar-refractivity contribution in [3.05, 3.63) is 0 Å². The second kappa shape index (κ2) is 5.26. The first-order valence-electron chi connectivity index (χ1n) is 4.96. The molecule has 0 aromatic carbocycles. The molecular weight excluding hydrogens is 196 g/mol. The lowest BCUT2D eigenvalue weighted by molar-refractivity contribution is -0.121. The van der Waals surface area contributed by atoms with Crippen molar-refractivity contribution in [2.45, 2.75) is 38.0 Å². The molecule has 2 unspecified atom stereocenters. The third-order valence-corrected chi connectivity index (χ3v) is 3.70. The van der Waals surface area contributed by atoms with Crippen molar-refractivity contribution < 1.29 is 4.79 Å². The Hall–Kier alpha value is -0.690. The highest BCUT2D eigenvalue weighted by atomic mass is 32.2. The first kappa shape index (κ1) is 11.4. The lowest BCUT2D eigenvalue weighted by Gasteiger charge is -2.17. The molecule has 14 heavy (non-hydrogen) atoms. The molecule has 1 saturated heterocycles. The van der Waals surface area contributed by atoms with E-state index >= 15 is 0 Å². The van der Waals surface area contributed by atoms with E-state index in [0.717, 1.165) is 18.6 Å². The van der Waals surface area contributed by atoms with Gasteiger partial charge in [-0.1, -0.05) is 13.8 Å². The van der Waals surface area contributed by atoms with E-state index in [1.54, 1.807) is 11.8 Å². The minimum absolute atomic E-state index is 0.0350. The minimum Gasteiger partial charge on any atom is -0.339 e.